The number of ketones is 1. The number of benzene rings is 1. The number of nitrogens with zero attached hydrogens (tertiary/aromatic N) is 1. The molecule has 0 radical (unpaired) electrons. The molecule has 0 saturated carbocycles. The molecule has 9 heteroatoms. The molecule has 272 valence electrons. The highest BCUT2D eigenvalue weighted by Crippen LogP contribution is 2.42. The molecule has 0 fully saturated rings. The van der Waals surface area contributed by atoms with Gasteiger partial charge in [0.1, 0.15) is 17.6 Å². The molecule has 5 atom stereocenters. The zero-order valence-electron chi connectivity index (χ0n) is 32.1. The number of hydrogen-bond acceptors (Lipinski definition) is 8. The zero-order valence-corrected chi connectivity index (χ0v) is 33.9. The topological polar surface area (TPSA) is 84.0 Å². The number of Topliss-reactive ketones (excluding diaryl/α,β-unsaturated/α-hetero) is 1. The number of thiazole rings is 1. The Morgan fingerprint density at radius 2 is 1.80 bits per heavy atom. The van der Waals surface area contributed by atoms with Crippen molar-refractivity contribution >= 4 is 37.5 Å². The van der Waals surface area contributed by atoms with E-state index in [1.807, 2.05) is 70.3 Å². The first-order chi connectivity index (χ1) is 22.9. The van der Waals surface area contributed by atoms with Crippen molar-refractivity contribution < 1.29 is 28.2 Å². The number of rotatable bonds is 8. The Hall–Kier alpha value is -2.59. The van der Waals surface area contributed by atoms with Gasteiger partial charge in [-0.15, -0.1) is 11.3 Å². The van der Waals surface area contributed by atoms with Crippen molar-refractivity contribution in [1.29, 1.82) is 0 Å². The fourth-order valence-corrected chi connectivity index (χ4v) is 8.12. The number of ether oxygens (including phenoxy) is 3. The van der Waals surface area contributed by atoms with Gasteiger partial charge in [-0.1, -0.05) is 72.8 Å². The molecule has 0 N–H and O–H groups in total. The number of cyclic esters (lactones) is 1. The van der Waals surface area contributed by atoms with Crippen LogP contribution in [-0.4, -0.2) is 50.5 Å². The molecule has 2 aromatic rings. The van der Waals surface area contributed by atoms with Crippen molar-refractivity contribution in [3.05, 3.63) is 63.6 Å². The molecule has 0 saturated heterocycles. The lowest BCUT2D eigenvalue weighted by Crippen LogP contribution is -2.52. The van der Waals surface area contributed by atoms with Crippen LogP contribution in [-0.2, 0) is 30.1 Å². The summed E-state index contributed by atoms with van der Waals surface area (Å²) in [5.41, 5.74) is 1.70. The monoisotopic (exact) mass is 711 g/mol. The number of aromatic nitrogens is 1. The third kappa shape index (κ3) is 11.5. The largest absolute Gasteiger partial charge is 0.497 e. The summed E-state index contributed by atoms with van der Waals surface area (Å²) in [6.45, 7) is 23.4. The van der Waals surface area contributed by atoms with E-state index in [1.165, 1.54) is 0 Å². The summed E-state index contributed by atoms with van der Waals surface area (Å²) in [6, 6.07) is 7.63. The molecule has 0 amide bonds. The average molecular weight is 712 g/mol. The smallest absolute Gasteiger partial charge is 0.309 e. The zero-order chi connectivity index (χ0) is 36.6. The van der Waals surface area contributed by atoms with Crippen molar-refractivity contribution in [2.45, 2.75) is 137 Å². The number of allylic oxidation sites excluding steroid dienone is 1. The fourth-order valence-electron chi connectivity index (χ4n) is 6.08. The first kappa shape index (κ1) is 40.8. The van der Waals surface area contributed by atoms with Gasteiger partial charge in [0.15, 0.2) is 8.32 Å². The third-order valence-corrected chi connectivity index (χ3v) is 15.7. The van der Waals surface area contributed by atoms with Crippen molar-refractivity contribution in [3.8, 4) is 5.75 Å². The first-order valence-corrected chi connectivity index (χ1v) is 21.6. The minimum atomic E-state index is -2.21. The van der Waals surface area contributed by atoms with Crippen LogP contribution in [0.15, 0.2) is 47.4 Å². The van der Waals surface area contributed by atoms with Gasteiger partial charge in [-0.05, 0) is 86.5 Å². The van der Waals surface area contributed by atoms with Crippen LogP contribution in [0.3, 0.4) is 0 Å². The van der Waals surface area contributed by atoms with Crippen molar-refractivity contribution in [2.75, 3.05) is 7.11 Å². The highest BCUT2D eigenvalue weighted by Gasteiger charge is 2.47. The van der Waals surface area contributed by atoms with Gasteiger partial charge in [0.25, 0.3) is 0 Å². The number of methoxy groups -OCH3 is 1. The first-order valence-electron chi connectivity index (χ1n) is 17.8. The Bertz CT molecular complexity index is 1440. The van der Waals surface area contributed by atoms with Gasteiger partial charge in [-0.3, -0.25) is 9.59 Å². The van der Waals surface area contributed by atoms with E-state index >= 15 is 0 Å². The van der Waals surface area contributed by atoms with E-state index in [0.29, 0.717) is 6.42 Å². The Kier molecular flexibility index (Phi) is 14.6. The summed E-state index contributed by atoms with van der Waals surface area (Å²) in [5.74, 6) is 0.163. The highest BCUT2D eigenvalue weighted by molar-refractivity contribution is 7.09. The van der Waals surface area contributed by atoms with E-state index in [0.717, 1.165) is 46.9 Å². The minimum Gasteiger partial charge on any atom is -0.497 e. The summed E-state index contributed by atoms with van der Waals surface area (Å²) >= 11 is 1.59. The molecule has 3 rings (SSSR count). The van der Waals surface area contributed by atoms with Gasteiger partial charge in [0.2, 0.25) is 0 Å². The number of hydrogen-bond donors (Lipinski definition) is 0. The van der Waals surface area contributed by atoms with Gasteiger partial charge in [0.05, 0.1) is 48.5 Å². The van der Waals surface area contributed by atoms with Crippen LogP contribution in [0.1, 0.15) is 104 Å². The van der Waals surface area contributed by atoms with Gasteiger partial charge < -0.3 is 18.6 Å². The van der Waals surface area contributed by atoms with Gasteiger partial charge in [-0.2, -0.15) is 0 Å². The molecule has 0 spiro atoms. The second-order valence-corrected chi connectivity index (χ2v) is 21.7. The van der Waals surface area contributed by atoms with E-state index in [2.05, 4.69) is 57.9 Å². The molecule has 1 aliphatic heterocycles. The van der Waals surface area contributed by atoms with Gasteiger partial charge >= 0.3 is 5.97 Å². The van der Waals surface area contributed by atoms with Crippen LogP contribution in [0.25, 0.3) is 6.08 Å². The van der Waals surface area contributed by atoms with E-state index < -0.39 is 37.8 Å². The van der Waals surface area contributed by atoms with Crippen LogP contribution in [0.2, 0.25) is 18.1 Å². The molecular formula is C40H61NO6SSi. The predicted molar refractivity (Wildman–Crippen MR) is 203 cm³/mol. The molecule has 1 unspecified atom stereocenters. The average Bonchev–Trinajstić information content (AvgIpc) is 3.45. The van der Waals surface area contributed by atoms with E-state index in [-0.39, 0.29) is 35.9 Å². The summed E-state index contributed by atoms with van der Waals surface area (Å²) in [6.07, 6.45) is 8.18. The lowest BCUT2D eigenvalue weighted by atomic mass is 9.73. The quantitative estimate of drug-likeness (QED) is 0.153. The Morgan fingerprint density at radius 1 is 1.12 bits per heavy atom. The van der Waals surface area contributed by atoms with Crippen LogP contribution < -0.4 is 4.74 Å². The summed E-state index contributed by atoms with van der Waals surface area (Å²) in [7, 11) is -0.576. The second kappa shape index (κ2) is 17.6. The molecule has 7 nitrogen and oxygen atoms in total. The van der Waals surface area contributed by atoms with Gasteiger partial charge in [-0.25, -0.2) is 4.98 Å². The molecule has 49 heavy (non-hydrogen) atoms. The lowest BCUT2D eigenvalue weighted by Gasteiger charge is -2.44. The maximum atomic E-state index is 14.7. The number of esters is 1. The maximum absolute atomic E-state index is 14.7. The summed E-state index contributed by atoms with van der Waals surface area (Å²) in [5, 5.41) is 2.99. The highest BCUT2D eigenvalue weighted by atomic mass is 32.1. The molecular weight excluding hydrogens is 651 g/mol. The van der Waals surface area contributed by atoms with E-state index in [9.17, 15) is 9.59 Å². The van der Waals surface area contributed by atoms with E-state index in [4.69, 9.17) is 18.6 Å². The number of carbonyl (C=O) groups excluding carboxylic acids is 2. The van der Waals surface area contributed by atoms with E-state index in [1.54, 1.807) is 18.4 Å². The van der Waals surface area contributed by atoms with Crippen LogP contribution in [0, 0.1) is 24.2 Å². The van der Waals surface area contributed by atoms with Gasteiger partial charge in [0, 0.05) is 17.7 Å². The Balaban J connectivity index is 2.01. The van der Waals surface area contributed by atoms with Crippen LogP contribution >= 0.6 is 11.3 Å². The summed E-state index contributed by atoms with van der Waals surface area (Å²) < 4.78 is 25.1. The summed E-state index contributed by atoms with van der Waals surface area (Å²) in [4.78, 5) is 33.1. The Morgan fingerprint density at radius 3 is 2.39 bits per heavy atom. The molecule has 1 aliphatic rings. The molecule has 1 aromatic heterocycles. The third-order valence-electron chi connectivity index (χ3n) is 10.4. The molecule has 2 heterocycles. The maximum Gasteiger partial charge on any atom is 0.309 e. The minimum absolute atomic E-state index is 0.00179. The number of carbonyl (C=O) groups is 2. The molecule has 1 aromatic carbocycles. The van der Waals surface area contributed by atoms with Crippen LogP contribution in [0.5, 0.6) is 5.75 Å². The normalized spacial score (nSPS) is 25.9. The SMILES string of the molecule is COc1ccc(CO[C@H]2CC(=O)OC(/C(C)=C/c3csc(C)n3)C/C=C\CCC[C@H](C)[C@H](O[Si](C)(C)C(C)(C)C)[C@H](C)C(=O)C2(C)C)cc1. The van der Waals surface area contributed by atoms with Crippen molar-refractivity contribution in [2.24, 2.45) is 17.3 Å². The van der Waals surface area contributed by atoms with Crippen LogP contribution in [0.4, 0.5) is 0 Å². The number of aryl methyl sites for hydroxylation is 1. The van der Waals surface area contributed by atoms with Crippen molar-refractivity contribution in [3.63, 3.8) is 0 Å². The molecule has 0 aliphatic carbocycles. The lowest BCUT2D eigenvalue weighted by molar-refractivity contribution is -0.158. The standard InChI is InChI=1S/C40H61NO6SSi/c1-27-17-15-13-14-16-18-34(28(2)23-32-26-48-30(4)41-32)46-36(42)24-35(45-25-31-19-21-33(44-10)22-20-31)40(8,9)38(43)29(3)37(27)47-49(11,12)39(5,6)7/h14,16,19-23,26-27,29,34-35,37H,13,15,17-18,24-25H2,1-12H3/b16-14-,28-23+/t27-,29-,34?,35-,37-/m0/s1. The Labute approximate surface area is 301 Å². The van der Waals surface area contributed by atoms with Crippen molar-refractivity contribution in [1.82, 2.24) is 4.98 Å². The predicted octanol–water partition coefficient (Wildman–Crippen LogP) is 10.1. The molecule has 0 bridgehead atoms. The fraction of sp³-hybridized carbons (Fsp3) is 0.625. The second-order valence-electron chi connectivity index (χ2n) is 15.8.